The van der Waals surface area contributed by atoms with Crippen LogP contribution in [0.15, 0.2) is 18.3 Å². The van der Waals surface area contributed by atoms with E-state index < -0.39 is 0 Å². The first-order valence-corrected chi connectivity index (χ1v) is 12.9. The Morgan fingerprint density at radius 3 is 2.89 bits per heavy atom. The first-order valence-electron chi connectivity index (χ1n) is 12.9. The molecule has 3 aliphatic rings. The van der Waals surface area contributed by atoms with Crippen LogP contribution in [0.25, 0.3) is 11.0 Å². The van der Waals surface area contributed by atoms with Gasteiger partial charge in [0, 0.05) is 55.1 Å². The van der Waals surface area contributed by atoms with Crippen molar-refractivity contribution >= 4 is 22.9 Å². The van der Waals surface area contributed by atoms with E-state index in [1.54, 1.807) is 6.20 Å². The molecule has 3 fully saturated rings. The first kappa shape index (κ1) is 23.1. The highest BCUT2D eigenvalue weighted by atomic mass is 16.5. The summed E-state index contributed by atoms with van der Waals surface area (Å²) in [6, 6.07) is 4.22. The van der Waals surface area contributed by atoms with Crippen molar-refractivity contribution in [2.45, 2.75) is 44.9 Å². The SMILES string of the molecule is CC1(COc2nc(C(=O)NCC3CCOC3)nc(N3CCC(c4n[nH]c5ncccc45)CC3)n2)CC1. The second kappa shape index (κ2) is 9.61. The Balaban J connectivity index is 1.17. The zero-order chi connectivity index (χ0) is 24.5. The van der Waals surface area contributed by atoms with Crippen molar-refractivity contribution in [1.82, 2.24) is 35.5 Å². The van der Waals surface area contributed by atoms with Crippen LogP contribution in [0, 0.1) is 11.3 Å². The van der Waals surface area contributed by atoms with Crippen LogP contribution in [0.4, 0.5) is 5.95 Å². The van der Waals surface area contributed by atoms with Crippen LogP contribution in [0.3, 0.4) is 0 Å². The summed E-state index contributed by atoms with van der Waals surface area (Å²) in [5.41, 5.74) is 2.06. The third-order valence-corrected chi connectivity index (χ3v) is 7.57. The molecule has 3 aromatic rings. The number of nitrogens with one attached hydrogen (secondary N) is 2. The van der Waals surface area contributed by atoms with Crippen LogP contribution in [0.5, 0.6) is 6.01 Å². The standard InChI is InChI=1S/C25H32N8O3/c1-25(7-8-25)15-36-24-29-21(22(34)27-13-16-6-12-35-14-16)28-23(30-24)33-10-4-17(5-11-33)19-18-3-2-9-26-20(18)32-31-19/h2-3,9,16-17H,4-8,10-15H2,1H3,(H,27,34)(H,26,31,32). The Bertz CT molecular complexity index is 1230. The van der Waals surface area contributed by atoms with Crippen molar-refractivity contribution in [3.05, 3.63) is 29.8 Å². The van der Waals surface area contributed by atoms with Gasteiger partial charge < -0.3 is 19.7 Å². The van der Waals surface area contributed by atoms with E-state index in [1.807, 2.05) is 6.07 Å². The quantitative estimate of drug-likeness (QED) is 0.487. The third-order valence-electron chi connectivity index (χ3n) is 7.57. The van der Waals surface area contributed by atoms with Crippen LogP contribution in [-0.2, 0) is 4.74 Å². The molecule has 1 saturated carbocycles. The molecule has 1 aliphatic carbocycles. The summed E-state index contributed by atoms with van der Waals surface area (Å²) < 4.78 is 11.4. The highest BCUT2D eigenvalue weighted by molar-refractivity contribution is 5.90. The van der Waals surface area contributed by atoms with E-state index in [0.29, 0.717) is 37.5 Å². The summed E-state index contributed by atoms with van der Waals surface area (Å²) in [6.45, 7) is 6.19. The Morgan fingerprint density at radius 2 is 2.11 bits per heavy atom. The van der Waals surface area contributed by atoms with Gasteiger partial charge in [0.2, 0.25) is 11.8 Å². The van der Waals surface area contributed by atoms with Gasteiger partial charge in [-0.15, -0.1) is 0 Å². The number of pyridine rings is 1. The van der Waals surface area contributed by atoms with E-state index in [4.69, 9.17) is 9.47 Å². The van der Waals surface area contributed by atoms with E-state index in [9.17, 15) is 4.79 Å². The lowest BCUT2D eigenvalue weighted by Crippen LogP contribution is -2.36. The lowest BCUT2D eigenvalue weighted by molar-refractivity contribution is 0.0932. The first-order chi connectivity index (χ1) is 17.6. The van der Waals surface area contributed by atoms with Gasteiger partial charge in [-0.2, -0.15) is 20.1 Å². The van der Waals surface area contributed by atoms with Crippen LogP contribution in [0.1, 0.15) is 61.3 Å². The number of fused-ring (bicyclic) bond motifs is 1. The molecule has 2 aliphatic heterocycles. The molecule has 5 heterocycles. The fourth-order valence-electron chi connectivity index (χ4n) is 4.85. The number of amides is 1. The number of hydrogen-bond acceptors (Lipinski definition) is 9. The number of nitrogens with zero attached hydrogens (tertiary/aromatic N) is 6. The molecule has 190 valence electrons. The molecule has 6 rings (SSSR count). The monoisotopic (exact) mass is 492 g/mol. The Hall–Kier alpha value is -3.34. The summed E-state index contributed by atoms with van der Waals surface area (Å²) >= 11 is 0. The minimum absolute atomic E-state index is 0.0985. The number of H-pyrrole nitrogens is 1. The van der Waals surface area contributed by atoms with E-state index in [2.05, 4.69) is 53.3 Å². The second-order valence-electron chi connectivity index (χ2n) is 10.6. The average molecular weight is 493 g/mol. The number of rotatable bonds is 8. The van der Waals surface area contributed by atoms with Gasteiger partial charge in [-0.05, 0) is 44.2 Å². The Labute approximate surface area is 209 Å². The number of anilines is 1. The van der Waals surface area contributed by atoms with Gasteiger partial charge in [0.05, 0.1) is 18.9 Å². The van der Waals surface area contributed by atoms with Gasteiger partial charge in [-0.1, -0.05) is 6.92 Å². The van der Waals surface area contributed by atoms with Crippen molar-refractivity contribution in [2.24, 2.45) is 11.3 Å². The summed E-state index contributed by atoms with van der Waals surface area (Å²) in [5.74, 6) is 0.929. The molecular weight excluding hydrogens is 460 g/mol. The molecule has 1 unspecified atom stereocenters. The lowest BCUT2D eigenvalue weighted by Gasteiger charge is -2.31. The van der Waals surface area contributed by atoms with Crippen LogP contribution >= 0.6 is 0 Å². The molecule has 11 heteroatoms. The molecule has 0 bridgehead atoms. The molecule has 2 saturated heterocycles. The Morgan fingerprint density at radius 1 is 1.25 bits per heavy atom. The van der Waals surface area contributed by atoms with Gasteiger partial charge in [0.1, 0.15) is 0 Å². The molecule has 0 aromatic carbocycles. The van der Waals surface area contributed by atoms with Gasteiger partial charge in [0.15, 0.2) is 5.65 Å². The zero-order valence-corrected chi connectivity index (χ0v) is 20.6. The minimum Gasteiger partial charge on any atom is -0.463 e. The fourth-order valence-corrected chi connectivity index (χ4v) is 4.85. The van der Waals surface area contributed by atoms with Crippen molar-refractivity contribution in [2.75, 3.05) is 44.4 Å². The summed E-state index contributed by atoms with van der Waals surface area (Å²) in [4.78, 5) is 32.9. The van der Waals surface area contributed by atoms with Gasteiger partial charge in [0.25, 0.3) is 5.91 Å². The highest BCUT2D eigenvalue weighted by Gasteiger charge is 2.38. The number of carbonyl (C=O) groups is 1. The van der Waals surface area contributed by atoms with Crippen LogP contribution in [0.2, 0.25) is 0 Å². The molecule has 1 amide bonds. The van der Waals surface area contributed by atoms with Crippen molar-refractivity contribution in [3.8, 4) is 6.01 Å². The number of aromatic amines is 1. The van der Waals surface area contributed by atoms with E-state index in [-0.39, 0.29) is 23.2 Å². The maximum absolute atomic E-state index is 12.9. The smallest absolute Gasteiger partial charge is 0.321 e. The van der Waals surface area contributed by atoms with Crippen molar-refractivity contribution < 1.29 is 14.3 Å². The molecule has 11 nitrogen and oxygen atoms in total. The van der Waals surface area contributed by atoms with Gasteiger partial charge in [-0.25, -0.2) is 4.98 Å². The molecule has 0 radical (unpaired) electrons. The Kier molecular flexibility index (Phi) is 6.16. The lowest BCUT2D eigenvalue weighted by atomic mass is 9.92. The molecule has 2 N–H and O–H groups in total. The summed E-state index contributed by atoms with van der Waals surface area (Å²) in [6.07, 6.45) is 6.79. The number of ether oxygens (including phenoxy) is 2. The molecule has 1 atom stereocenters. The third kappa shape index (κ3) is 4.97. The molecular formula is C25H32N8O3. The molecule has 36 heavy (non-hydrogen) atoms. The number of aromatic nitrogens is 6. The van der Waals surface area contributed by atoms with Crippen molar-refractivity contribution in [3.63, 3.8) is 0 Å². The normalized spacial score (nSPS) is 21.6. The second-order valence-corrected chi connectivity index (χ2v) is 10.6. The number of carbonyl (C=O) groups excluding carboxylic acids is 1. The molecule has 0 spiro atoms. The van der Waals surface area contributed by atoms with Crippen LogP contribution in [-0.4, -0.2) is 75.5 Å². The maximum Gasteiger partial charge on any atom is 0.321 e. The van der Waals surface area contributed by atoms with E-state index in [0.717, 1.165) is 68.5 Å². The summed E-state index contributed by atoms with van der Waals surface area (Å²) in [5, 5.41) is 11.6. The predicted molar refractivity (Wildman–Crippen MR) is 132 cm³/mol. The largest absolute Gasteiger partial charge is 0.463 e. The van der Waals surface area contributed by atoms with Crippen molar-refractivity contribution in [1.29, 1.82) is 0 Å². The predicted octanol–water partition coefficient (Wildman–Crippen LogP) is 2.47. The van der Waals surface area contributed by atoms with E-state index in [1.165, 1.54) is 0 Å². The average Bonchev–Trinajstić information content (AvgIpc) is 3.27. The number of hydrogen-bond donors (Lipinski definition) is 2. The molecule has 3 aromatic heterocycles. The van der Waals surface area contributed by atoms with E-state index >= 15 is 0 Å². The van der Waals surface area contributed by atoms with Gasteiger partial charge in [-0.3, -0.25) is 9.89 Å². The van der Waals surface area contributed by atoms with Crippen LogP contribution < -0.4 is 15.0 Å². The topological polar surface area (TPSA) is 131 Å². The fraction of sp³-hybridized carbons (Fsp3) is 0.600. The number of piperidine rings is 1. The summed E-state index contributed by atoms with van der Waals surface area (Å²) in [7, 11) is 0. The highest BCUT2D eigenvalue weighted by Crippen LogP contribution is 2.45. The van der Waals surface area contributed by atoms with Gasteiger partial charge >= 0.3 is 6.01 Å². The minimum atomic E-state index is -0.307. The maximum atomic E-state index is 12.9. The zero-order valence-electron chi connectivity index (χ0n) is 20.6.